The van der Waals surface area contributed by atoms with Gasteiger partial charge in [-0.25, -0.2) is 0 Å². The van der Waals surface area contributed by atoms with Crippen molar-refractivity contribution < 1.29 is 9.84 Å². The Hall–Kier alpha value is -1.12. The van der Waals surface area contributed by atoms with Gasteiger partial charge in [0.05, 0.1) is 18.8 Å². The average Bonchev–Trinajstić information content (AvgIpc) is 2.30. The molecule has 0 radical (unpaired) electrons. The second-order valence-electron chi connectivity index (χ2n) is 5.18. The van der Waals surface area contributed by atoms with Gasteiger partial charge in [0.15, 0.2) is 0 Å². The van der Waals surface area contributed by atoms with Crippen molar-refractivity contribution in [1.29, 1.82) is 0 Å². The molecular weight excluding hydrogens is 212 g/mol. The molecule has 1 aromatic carbocycles. The van der Waals surface area contributed by atoms with Crippen molar-refractivity contribution in [3.8, 4) is 0 Å². The van der Waals surface area contributed by atoms with Crippen LogP contribution in [0.5, 0.6) is 0 Å². The Balaban J connectivity index is 2.19. The number of aliphatic hydroxyl groups is 1. The maximum atomic E-state index is 9.39. The molecule has 0 saturated carbocycles. The van der Waals surface area contributed by atoms with E-state index in [1.807, 2.05) is 18.2 Å². The molecule has 1 heterocycles. The molecule has 0 fully saturated rings. The molecule has 1 N–H and O–H groups in total. The van der Waals surface area contributed by atoms with Crippen molar-refractivity contribution >= 4 is 0 Å². The monoisotopic (exact) mass is 232 g/mol. The Bertz CT molecular complexity index is 393. The van der Waals surface area contributed by atoms with Gasteiger partial charge in [-0.1, -0.05) is 42.0 Å². The predicted octanol–water partition coefficient (Wildman–Crippen LogP) is 2.57. The van der Waals surface area contributed by atoms with Gasteiger partial charge in [-0.2, -0.15) is 0 Å². The minimum absolute atomic E-state index is 0.142. The molecule has 1 unspecified atom stereocenters. The molecule has 2 nitrogen and oxygen atoms in total. The fourth-order valence-corrected chi connectivity index (χ4v) is 2.23. The Labute approximate surface area is 103 Å². The van der Waals surface area contributed by atoms with Crippen molar-refractivity contribution in [2.75, 3.05) is 13.2 Å². The summed E-state index contributed by atoms with van der Waals surface area (Å²) in [5, 5.41) is 9.39. The normalized spacial score (nSPS) is 23.2. The highest BCUT2D eigenvalue weighted by atomic mass is 16.5. The molecule has 0 amide bonds. The smallest absolute Gasteiger partial charge is 0.0809 e. The first-order valence-electron chi connectivity index (χ1n) is 6.11. The third-order valence-corrected chi connectivity index (χ3v) is 3.19. The summed E-state index contributed by atoms with van der Waals surface area (Å²) in [7, 11) is 0. The summed E-state index contributed by atoms with van der Waals surface area (Å²) in [6.45, 7) is 4.90. The molecule has 2 rings (SSSR count). The quantitative estimate of drug-likeness (QED) is 0.812. The van der Waals surface area contributed by atoms with Crippen molar-refractivity contribution in [1.82, 2.24) is 0 Å². The number of benzene rings is 1. The molecular formula is C15H20O2. The fourth-order valence-electron chi connectivity index (χ4n) is 2.23. The van der Waals surface area contributed by atoms with Gasteiger partial charge in [-0.3, -0.25) is 0 Å². The third-order valence-electron chi connectivity index (χ3n) is 3.19. The second-order valence-corrected chi connectivity index (χ2v) is 5.18. The fraction of sp³-hybridized carbons (Fsp3) is 0.467. The Morgan fingerprint density at radius 3 is 2.65 bits per heavy atom. The summed E-state index contributed by atoms with van der Waals surface area (Å²) >= 11 is 0. The molecule has 1 aliphatic heterocycles. The molecule has 2 heteroatoms. The minimum atomic E-state index is -0.213. The largest absolute Gasteiger partial charge is 0.396 e. The molecule has 0 bridgehead atoms. The highest BCUT2D eigenvalue weighted by Crippen LogP contribution is 2.28. The summed E-state index contributed by atoms with van der Waals surface area (Å²) in [5.74, 6) is 0.142. The van der Waals surface area contributed by atoms with E-state index in [0.29, 0.717) is 6.61 Å². The molecule has 1 aliphatic rings. The summed E-state index contributed by atoms with van der Waals surface area (Å²) < 4.78 is 5.70. The highest BCUT2D eigenvalue weighted by Gasteiger charge is 2.27. The van der Waals surface area contributed by atoms with Crippen LogP contribution in [0.4, 0.5) is 0 Å². The zero-order valence-corrected chi connectivity index (χ0v) is 10.5. The topological polar surface area (TPSA) is 29.5 Å². The van der Waals surface area contributed by atoms with Crippen molar-refractivity contribution in [2.45, 2.75) is 25.9 Å². The lowest BCUT2D eigenvalue weighted by atomic mass is 9.88. The predicted molar refractivity (Wildman–Crippen MR) is 68.8 cm³/mol. The van der Waals surface area contributed by atoms with E-state index in [1.165, 1.54) is 11.1 Å². The zero-order valence-electron chi connectivity index (χ0n) is 10.5. The first-order valence-corrected chi connectivity index (χ1v) is 6.11. The van der Waals surface area contributed by atoms with Crippen molar-refractivity contribution in [2.24, 2.45) is 5.92 Å². The van der Waals surface area contributed by atoms with Crippen LogP contribution in [0.1, 0.15) is 19.4 Å². The standard InChI is InChI=1S/C15H20O2/c1-15(2)9-13(14(10-16)11-17-15)8-12-6-4-3-5-7-12/h3-7,9,14,16H,8,10-11H2,1-2H3. The first kappa shape index (κ1) is 12.3. The maximum Gasteiger partial charge on any atom is 0.0809 e. The summed E-state index contributed by atoms with van der Waals surface area (Å²) in [4.78, 5) is 0. The molecule has 92 valence electrons. The first-order chi connectivity index (χ1) is 8.11. The van der Waals surface area contributed by atoms with Gasteiger partial charge in [0.2, 0.25) is 0 Å². The maximum absolute atomic E-state index is 9.39. The van der Waals surface area contributed by atoms with Crippen LogP contribution >= 0.6 is 0 Å². The lowest BCUT2D eigenvalue weighted by Crippen LogP contribution is -2.34. The molecule has 17 heavy (non-hydrogen) atoms. The van der Waals surface area contributed by atoms with Gasteiger partial charge in [0, 0.05) is 5.92 Å². The summed E-state index contributed by atoms with van der Waals surface area (Å²) in [6.07, 6.45) is 3.06. The van der Waals surface area contributed by atoms with Gasteiger partial charge in [-0.15, -0.1) is 0 Å². The Morgan fingerprint density at radius 1 is 1.29 bits per heavy atom. The second kappa shape index (κ2) is 5.03. The van der Waals surface area contributed by atoms with E-state index in [4.69, 9.17) is 4.74 Å². The number of hydrogen-bond acceptors (Lipinski definition) is 2. The van der Waals surface area contributed by atoms with E-state index < -0.39 is 0 Å². The van der Waals surface area contributed by atoms with Gasteiger partial charge < -0.3 is 9.84 Å². The molecule has 0 saturated heterocycles. The van der Waals surface area contributed by atoms with Crippen LogP contribution in [-0.2, 0) is 11.2 Å². The van der Waals surface area contributed by atoms with E-state index in [2.05, 4.69) is 32.1 Å². The Kier molecular flexibility index (Phi) is 3.65. The van der Waals surface area contributed by atoms with Crippen LogP contribution in [0.2, 0.25) is 0 Å². The van der Waals surface area contributed by atoms with Gasteiger partial charge in [0.1, 0.15) is 0 Å². The number of ether oxygens (including phenoxy) is 1. The van der Waals surface area contributed by atoms with E-state index in [1.54, 1.807) is 0 Å². The SMILES string of the molecule is CC1(C)C=C(Cc2ccccc2)C(CO)CO1. The van der Waals surface area contributed by atoms with Crippen LogP contribution in [0.25, 0.3) is 0 Å². The van der Waals surface area contributed by atoms with Gasteiger partial charge in [-0.05, 0) is 25.8 Å². The van der Waals surface area contributed by atoms with Crippen LogP contribution in [-0.4, -0.2) is 23.9 Å². The van der Waals surface area contributed by atoms with Crippen molar-refractivity contribution in [3.05, 3.63) is 47.5 Å². The summed E-state index contributed by atoms with van der Waals surface area (Å²) in [5.41, 5.74) is 2.36. The van der Waals surface area contributed by atoms with E-state index in [0.717, 1.165) is 6.42 Å². The Morgan fingerprint density at radius 2 is 2.00 bits per heavy atom. The number of rotatable bonds is 3. The zero-order chi connectivity index (χ0) is 12.3. The lowest BCUT2D eigenvalue weighted by Gasteiger charge is -2.33. The van der Waals surface area contributed by atoms with E-state index >= 15 is 0 Å². The van der Waals surface area contributed by atoms with Gasteiger partial charge in [0.25, 0.3) is 0 Å². The van der Waals surface area contributed by atoms with E-state index in [-0.39, 0.29) is 18.1 Å². The molecule has 0 aromatic heterocycles. The molecule has 1 atom stereocenters. The molecule has 1 aromatic rings. The van der Waals surface area contributed by atoms with Gasteiger partial charge >= 0.3 is 0 Å². The number of hydrogen-bond donors (Lipinski definition) is 1. The number of aliphatic hydroxyl groups excluding tert-OH is 1. The van der Waals surface area contributed by atoms with Crippen LogP contribution < -0.4 is 0 Å². The highest BCUT2D eigenvalue weighted by molar-refractivity contribution is 5.26. The average molecular weight is 232 g/mol. The molecule has 0 spiro atoms. The lowest BCUT2D eigenvalue weighted by molar-refractivity contribution is -0.0195. The van der Waals surface area contributed by atoms with Crippen LogP contribution in [0.3, 0.4) is 0 Å². The van der Waals surface area contributed by atoms with Crippen molar-refractivity contribution in [3.63, 3.8) is 0 Å². The summed E-state index contributed by atoms with van der Waals surface area (Å²) in [6, 6.07) is 10.4. The molecule has 0 aliphatic carbocycles. The minimum Gasteiger partial charge on any atom is -0.396 e. The van der Waals surface area contributed by atoms with Crippen LogP contribution in [0.15, 0.2) is 42.0 Å². The van der Waals surface area contributed by atoms with Crippen LogP contribution in [0, 0.1) is 5.92 Å². The van der Waals surface area contributed by atoms with E-state index in [9.17, 15) is 5.11 Å². The third kappa shape index (κ3) is 3.18.